The lowest BCUT2D eigenvalue weighted by Crippen LogP contribution is -2.28. The average molecular weight is 409 g/mol. The third-order valence-electron chi connectivity index (χ3n) is 4.36. The first-order valence-corrected chi connectivity index (χ1v) is 9.27. The molecule has 0 radical (unpaired) electrons. The molecule has 0 atom stereocenters. The van der Waals surface area contributed by atoms with E-state index in [-0.39, 0.29) is 18.0 Å². The van der Waals surface area contributed by atoms with Gasteiger partial charge in [0.2, 0.25) is 5.91 Å². The fraction of sp³-hybridized carbons (Fsp3) is 0.150. The van der Waals surface area contributed by atoms with Gasteiger partial charge in [-0.3, -0.25) is 14.2 Å². The molecule has 2 aromatic heterocycles. The predicted octanol–water partition coefficient (Wildman–Crippen LogP) is 2.64. The highest BCUT2D eigenvalue weighted by Gasteiger charge is 2.14. The predicted molar refractivity (Wildman–Crippen MR) is 110 cm³/mol. The van der Waals surface area contributed by atoms with Crippen molar-refractivity contribution in [3.63, 3.8) is 0 Å². The van der Waals surface area contributed by atoms with Crippen LogP contribution in [0.25, 0.3) is 11.2 Å². The molecular formula is C20H17ClN6O2. The smallest absolute Gasteiger partial charge is 0.283 e. The Morgan fingerprint density at radius 3 is 2.72 bits per heavy atom. The van der Waals surface area contributed by atoms with E-state index < -0.39 is 5.56 Å². The lowest BCUT2D eigenvalue weighted by Gasteiger charge is -2.07. The summed E-state index contributed by atoms with van der Waals surface area (Å²) in [6, 6.07) is 14.7. The molecular weight excluding hydrogens is 392 g/mol. The molecule has 29 heavy (non-hydrogen) atoms. The maximum Gasteiger partial charge on any atom is 0.283 e. The summed E-state index contributed by atoms with van der Waals surface area (Å²) in [6.07, 6.45) is 1.33. The van der Waals surface area contributed by atoms with Crippen molar-refractivity contribution in [2.24, 2.45) is 0 Å². The van der Waals surface area contributed by atoms with Crippen LogP contribution in [0.4, 0.5) is 5.69 Å². The summed E-state index contributed by atoms with van der Waals surface area (Å²) in [4.78, 5) is 29.2. The lowest BCUT2D eigenvalue weighted by atomic mass is 10.2. The Morgan fingerprint density at radius 2 is 1.97 bits per heavy atom. The molecule has 9 heteroatoms. The Morgan fingerprint density at radius 1 is 1.17 bits per heavy atom. The fourth-order valence-corrected chi connectivity index (χ4v) is 3.12. The number of amides is 1. The molecule has 4 aromatic rings. The van der Waals surface area contributed by atoms with Crippen molar-refractivity contribution in [2.45, 2.75) is 20.0 Å². The van der Waals surface area contributed by atoms with Crippen molar-refractivity contribution in [3.8, 4) is 0 Å². The SMILES string of the molecule is Cc1ccc(NC(=O)Cn2cnc3c(nnn3Cc3cccc(Cl)c3)c2=O)cc1. The number of benzene rings is 2. The molecule has 0 aliphatic heterocycles. The number of aryl methyl sites for hydroxylation is 1. The maximum absolute atomic E-state index is 12.7. The molecule has 0 saturated heterocycles. The first-order valence-electron chi connectivity index (χ1n) is 8.89. The van der Waals surface area contributed by atoms with E-state index in [4.69, 9.17) is 11.6 Å². The molecule has 0 fully saturated rings. The zero-order valence-corrected chi connectivity index (χ0v) is 16.3. The summed E-state index contributed by atoms with van der Waals surface area (Å²) in [5, 5.41) is 11.3. The first-order chi connectivity index (χ1) is 14.0. The number of aromatic nitrogens is 5. The summed E-state index contributed by atoms with van der Waals surface area (Å²) < 4.78 is 2.74. The Hall–Kier alpha value is -3.52. The van der Waals surface area contributed by atoms with Crippen molar-refractivity contribution in [1.82, 2.24) is 24.5 Å². The largest absolute Gasteiger partial charge is 0.325 e. The van der Waals surface area contributed by atoms with Gasteiger partial charge >= 0.3 is 0 Å². The van der Waals surface area contributed by atoms with Crippen LogP contribution in [0.5, 0.6) is 0 Å². The number of rotatable bonds is 5. The highest BCUT2D eigenvalue weighted by molar-refractivity contribution is 6.30. The number of halogens is 1. The van der Waals surface area contributed by atoms with E-state index in [0.717, 1.165) is 11.1 Å². The standard InChI is InChI=1S/C20H17ClN6O2/c1-13-5-7-16(8-6-13)23-17(28)11-26-12-22-19-18(20(26)29)24-25-27(19)10-14-3-2-4-15(21)9-14/h2-9,12H,10-11H2,1H3,(H,23,28). The summed E-state index contributed by atoms with van der Waals surface area (Å²) >= 11 is 6.01. The minimum atomic E-state index is -0.425. The van der Waals surface area contributed by atoms with Crippen LogP contribution in [0.3, 0.4) is 0 Å². The quantitative estimate of drug-likeness (QED) is 0.547. The molecule has 0 aliphatic rings. The van der Waals surface area contributed by atoms with Crippen LogP contribution in [0.1, 0.15) is 11.1 Å². The van der Waals surface area contributed by atoms with Crippen molar-refractivity contribution >= 4 is 34.4 Å². The Balaban J connectivity index is 1.54. The van der Waals surface area contributed by atoms with Crippen LogP contribution >= 0.6 is 11.6 Å². The summed E-state index contributed by atoms with van der Waals surface area (Å²) in [7, 11) is 0. The molecule has 2 aromatic carbocycles. The third kappa shape index (κ3) is 4.17. The van der Waals surface area contributed by atoms with Gasteiger partial charge in [-0.2, -0.15) is 0 Å². The van der Waals surface area contributed by atoms with Crippen LogP contribution in [-0.2, 0) is 17.9 Å². The number of nitrogens with zero attached hydrogens (tertiary/aromatic N) is 5. The lowest BCUT2D eigenvalue weighted by molar-refractivity contribution is -0.116. The first kappa shape index (κ1) is 18.8. The zero-order chi connectivity index (χ0) is 20.4. The highest BCUT2D eigenvalue weighted by atomic mass is 35.5. The molecule has 0 aliphatic carbocycles. The minimum Gasteiger partial charge on any atom is -0.325 e. The number of carbonyl (C=O) groups is 1. The number of hydrogen-bond acceptors (Lipinski definition) is 5. The van der Waals surface area contributed by atoms with Crippen molar-refractivity contribution in [2.75, 3.05) is 5.32 Å². The van der Waals surface area contributed by atoms with Gasteiger partial charge in [0.1, 0.15) is 12.9 Å². The van der Waals surface area contributed by atoms with Gasteiger partial charge in [0.15, 0.2) is 11.2 Å². The number of carbonyl (C=O) groups excluding carboxylic acids is 1. The molecule has 0 unspecified atom stereocenters. The number of hydrogen-bond donors (Lipinski definition) is 1. The number of anilines is 1. The van der Waals surface area contributed by atoms with Crippen LogP contribution in [0.15, 0.2) is 59.7 Å². The molecule has 0 spiro atoms. The van der Waals surface area contributed by atoms with Gasteiger partial charge in [0, 0.05) is 10.7 Å². The second-order valence-electron chi connectivity index (χ2n) is 6.64. The van der Waals surface area contributed by atoms with E-state index in [1.54, 1.807) is 18.2 Å². The summed E-state index contributed by atoms with van der Waals surface area (Å²) in [6.45, 7) is 2.17. The van der Waals surface area contributed by atoms with Gasteiger partial charge in [-0.05, 0) is 36.8 Å². The second-order valence-corrected chi connectivity index (χ2v) is 7.08. The second kappa shape index (κ2) is 7.84. The van der Waals surface area contributed by atoms with Crippen LogP contribution < -0.4 is 10.9 Å². The van der Waals surface area contributed by atoms with Gasteiger partial charge < -0.3 is 5.32 Å². The van der Waals surface area contributed by atoms with Crippen LogP contribution in [0.2, 0.25) is 5.02 Å². The molecule has 0 bridgehead atoms. The van der Waals surface area contributed by atoms with Gasteiger partial charge in [0.25, 0.3) is 5.56 Å². The average Bonchev–Trinajstić information content (AvgIpc) is 3.09. The fourth-order valence-electron chi connectivity index (χ4n) is 2.91. The van der Waals surface area contributed by atoms with Gasteiger partial charge in [-0.25, -0.2) is 9.67 Å². The zero-order valence-electron chi connectivity index (χ0n) is 15.5. The number of fused-ring (bicyclic) bond motifs is 1. The molecule has 0 saturated carbocycles. The van der Waals surface area contributed by atoms with Crippen molar-refractivity contribution in [1.29, 1.82) is 0 Å². The maximum atomic E-state index is 12.7. The molecule has 1 amide bonds. The van der Waals surface area contributed by atoms with Crippen LogP contribution in [0, 0.1) is 6.92 Å². The van der Waals surface area contributed by atoms with Gasteiger partial charge in [-0.15, -0.1) is 5.10 Å². The molecule has 4 rings (SSSR count). The Labute approximate surface area is 170 Å². The van der Waals surface area contributed by atoms with Crippen LogP contribution in [-0.4, -0.2) is 30.5 Å². The normalized spacial score (nSPS) is 11.0. The topological polar surface area (TPSA) is 94.7 Å². The van der Waals surface area contributed by atoms with Crippen molar-refractivity contribution in [3.05, 3.63) is 81.4 Å². The number of nitrogens with one attached hydrogen (secondary N) is 1. The monoisotopic (exact) mass is 408 g/mol. The van der Waals surface area contributed by atoms with Crippen molar-refractivity contribution < 1.29 is 4.79 Å². The highest BCUT2D eigenvalue weighted by Crippen LogP contribution is 2.13. The van der Waals surface area contributed by atoms with Gasteiger partial charge in [-0.1, -0.05) is 46.6 Å². The summed E-state index contributed by atoms with van der Waals surface area (Å²) in [5.41, 5.74) is 2.70. The van der Waals surface area contributed by atoms with E-state index in [1.807, 2.05) is 37.3 Å². The molecule has 1 N–H and O–H groups in total. The molecule has 146 valence electrons. The summed E-state index contributed by atoms with van der Waals surface area (Å²) in [5.74, 6) is -0.330. The molecule has 2 heterocycles. The van der Waals surface area contributed by atoms with Gasteiger partial charge in [0.05, 0.1) is 6.54 Å². The van der Waals surface area contributed by atoms with E-state index >= 15 is 0 Å². The van der Waals surface area contributed by atoms with E-state index in [1.165, 1.54) is 15.6 Å². The molecule has 8 nitrogen and oxygen atoms in total. The Kier molecular flexibility index (Phi) is 5.09. The third-order valence-corrected chi connectivity index (χ3v) is 4.60. The van der Waals surface area contributed by atoms with E-state index in [9.17, 15) is 9.59 Å². The minimum absolute atomic E-state index is 0.109. The Bertz CT molecular complexity index is 1250. The van der Waals surface area contributed by atoms with E-state index in [2.05, 4.69) is 20.6 Å². The van der Waals surface area contributed by atoms with E-state index in [0.29, 0.717) is 22.9 Å².